The Bertz CT molecular complexity index is 453. The van der Waals surface area contributed by atoms with E-state index in [1.54, 1.807) is 0 Å². The van der Waals surface area contributed by atoms with Crippen molar-refractivity contribution in [1.82, 2.24) is 4.57 Å². The first-order chi connectivity index (χ1) is 8.79. The molecular weight excluding hydrogens is 250 g/mol. The third-order valence-corrected chi connectivity index (χ3v) is 6.87. The predicted molar refractivity (Wildman–Crippen MR) is 87.3 cm³/mol. The molecule has 0 saturated carbocycles. The predicted octanol–water partition coefficient (Wildman–Crippen LogP) is 2.92. The second-order valence-corrected chi connectivity index (χ2v) is 11.8. The molecule has 1 atom stereocenters. The maximum Gasteiger partial charge on any atom is 0.119 e. The fourth-order valence-corrected chi connectivity index (χ4v) is 4.00. The van der Waals surface area contributed by atoms with E-state index >= 15 is 0 Å². The topological polar surface area (TPSA) is 32.5 Å². The molecule has 0 radical (unpaired) electrons. The molecule has 0 spiro atoms. The number of likely N-dealkylation sites (N-methyl/N-ethyl adjacent to an activating group) is 1. The lowest BCUT2D eigenvalue weighted by Crippen LogP contribution is -2.50. The monoisotopic (exact) mass is 277 g/mol. The van der Waals surface area contributed by atoms with Crippen molar-refractivity contribution in [2.24, 2.45) is 0 Å². The molecule has 1 heterocycles. The van der Waals surface area contributed by atoms with E-state index in [4.69, 9.17) is 5.73 Å². The minimum atomic E-state index is -1.19. The van der Waals surface area contributed by atoms with Gasteiger partial charge >= 0.3 is 0 Å². The van der Waals surface area contributed by atoms with Gasteiger partial charge in [0.25, 0.3) is 0 Å². The van der Waals surface area contributed by atoms with Gasteiger partial charge in [0.1, 0.15) is 8.24 Å². The number of hydrogen-bond acceptors (Lipinski definition) is 3. The van der Waals surface area contributed by atoms with Crippen LogP contribution in [0.5, 0.6) is 0 Å². The summed E-state index contributed by atoms with van der Waals surface area (Å²) in [7, 11) is 1.11. The molecule has 1 aromatic rings. The molecule has 1 saturated heterocycles. The number of benzene rings is 1. The first kappa shape index (κ1) is 14.4. The minimum absolute atomic E-state index is 0.699. The van der Waals surface area contributed by atoms with E-state index < -0.39 is 8.24 Å². The van der Waals surface area contributed by atoms with Crippen LogP contribution in [-0.2, 0) is 0 Å². The van der Waals surface area contributed by atoms with E-state index in [-0.39, 0.29) is 0 Å². The van der Waals surface area contributed by atoms with E-state index in [9.17, 15) is 0 Å². The largest absolute Gasteiger partial charge is 0.399 e. The smallest absolute Gasteiger partial charge is 0.119 e. The fraction of sp³-hybridized carbons (Fsp3) is 0.600. The Hall–Kier alpha value is -1.00. The summed E-state index contributed by atoms with van der Waals surface area (Å²) in [5.74, 6) is 0. The van der Waals surface area contributed by atoms with Crippen LogP contribution in [0.2, 0.25) is 19.6 Å². The fourth-order valence-electron chi connectivity index (χ4n) is 2.70. The maximum absolute atomic E-state index is 5.90. The quantitative estimate of drug-likeness (QED) is 0.681. The van der Waals surface area contributed by atoms with Gasteiger partial charge < -0.3 is 15.2 Å². The molecule has 106 valence electrons. The van der Waals surface area contributed by atoms with Gasteiger partial charge in [0, 0.05) is 30.5 Å². The first-order valence-corrected chi connectivity index (χ1v) is 10.6. The number of nitrogens with zero attached hydrogens (tertiary/aromatic N) is 2. The van der Waals surface area contributed by atoms with Crippen molar-refractivity contribution in [1.29, 1.82) is 0 Å². The molecule has 1 unspecified atom stereocenters. The van der Waals surface area contributed by atoms with Crippen LogP contribution in [-0.4, -0.2) is 39.0 Å². The lowest BCUT2D eigenvalue weighted by molar-refractivity contribution is 0.396. The molecule has 2 N–H and O–H groups in total. The van der Waals surface area contributed by atoms with Gasteiger partial charge in [-0.3, -0.25) is 0 Å². The van der Waals surface area contributed by atoms with Crippen LogP contribution in [0.4, 0.5) is 11.4 Å². The summed E-state index contributed by atoms with van der Waals surface area (Å²) < 4.78 is 2.64. The summed E-state index contributed by atoms with van der Waals surface area (Å²) >= 11 is 0. The number of rotatable bonds is 3. The van der Waals surface area contributed by atoms with Crippen molar-refractivity contribution >= 4 is 19.6 Å². The number of nitrogen functional groups attached to an aromatic ring is 1. The first-order valence-electron chi connectivity index (χ1n) is 7.13. The summed E-state index contributed by atoms with van der Waals surface area (Å²) in [6, 6.07) is 7.09. The summed E-state index contributed by atoms with van der Waals surface area (Å²) in [5.41, 5.74) is 9.28. The second kappa shape index (κ2) is 5.17. The average Bonchev–Trinajstić information content (AvgIpc) is 2.79. The van der Waals surface area contributed by atoms with Crippen molar-refractivity contribution in [3.05, 3.63) is 23.8 Å². The molecule has 0 aliphatic carbocycles. The van der Waals surface area contributed by atoms with Crippen molar-refractivity contribution < 1.29 is 0 Å². The normalized spacial score (nSPS) is 20.3. The lowest BCUT2D eigenvalue weighted by Gasteiger charge is -2.35. The van der Waals surface area contributed by atoms with Crippen LogP contribution in [0, 0.1) is 6.92 Å². The van der Waals surface area contributed by atoms with Crippen molar-refractivity contribution in [3.8, 4) is 0 Å². The van der Waals surface area contributed by atoms with Gasteiger partial charge in [-0.05, 0) is 44.2 Å². The SMILES string of the molecule is Cc1cc(N2CCC(N(C)[Si](C)(C)C)C2)ccc1N. The van der Waals surface area contributed by atoms with E-state index in [1.165, 1.54) is 17.7 Å². The highest BCUT2D eigenvalue weighted by Crippen LogP contribution is 2.27. The van der Waals surface area contributed by atoms with Crippen molar-refractivity contribution in [2.75, 3.05) is 30.8 Å². The summed E-state index contributed by atoms with van der Waals surface area (Å²) in [6.45, 7) is 11.6. The Morgan fingerprint density at radius 2 is 2.00 bits per heavy atom. The Balaban J connectivity index is 2.08. The van der Waals surface area contributed by atoms with Crippen LogP contribution in [0.1, 0.15) is 12.0 Å². The maximum atomic E-state index is 5.90. The number of nitrogens with two attached hydrogens (primary N) is 1. The molecule has 1 aromatic carbocycles. The Kier molecular flexibility index (Phi) is 3.92. The third-order valence-electron chi connectivity index (χ3n) is 4.39. The van der Waals surface area contributed by atoms with E-state index in [0.29, 0.717) is 6.04 Å². The molecule has 1 aliphatic heterocycles. The molecule has 3 nitrogen and oxygen atoms in total. The third kappa shape index (κ3) is 3.12. The number of hydrogen-bond donors (Lipinski definition) is 1. The average molecular weight is 277 g/mol. The van der Waals surface area contributed by atoms with Crippen LogP contribution < -0.4 is 10.6 Å². The zero-order valence-electron chi connectivity index (χ0n) is 12.9. The molecule has 1 aliphatic rings. The van der Waals surface area contributed by atoms with Crippen LogP contribution in [0.3, 0.4) is 0 Å². The number of aryl methyl sites for hydroxylation is 1. The van der Waals surface area contributed by atoms with E-state index in [0.717, 1.165) is 18.8 Å². The van der Waals surface area contributed by atoms with Gasteiger partial charge in [0.2, 0.25) is 0 Å². The van der Waals surface area contributed by atoms with Crippen LogP contribution in [0.15, 0.2) is 18.2 Å². The Labute approximate surface area is 118 Å². The molecule has 0 bridgehead atoms. The highest BCUT2D eigenvalue weighted by molar-refractivity contribution is 6.73. The molecule has 0 aromatic heterocycles. The van der Waals surface area contributed by atoms with Gasteiger partial charge in [0.15, 0.2) is 0 Å². The van der Waals surface area contributed by atoms with E-state index in [1.807, 2.05) is 6.07 Å². The van der Waals surface area contributed by atoms with Gasteiger partial charge in [-0.25, -0.2) is 0 Å². The Morgan fingerprint density at radius 3 is 2.58 bits per heavy atom. The lowest BCUT2D eigenvalue weighted by atomic mass is 10.2. The van der Waals surface area contributed by atoms with Gasteiger partial charge in [-0.15, -0.1) is 0 Å². The van der Waals surface area contributed by atoms with Crippen LogP contribution in [0.25, 0.3) is 0 Å². The van der Waals surface area contributed by atoms with Gasteiger partial charge in [0.05, 0.1) is 0 Å². The highest BCUT2D eigenvalue weighted by Gasteiger charge is 2.32. The number of anilines is 2. The standard InChI is InChI=1S/C15H27N3Si/c1-12-10-13(6-7-15(12)16)18-9-8-14(11-18)17(2)19(3,4)5/h6-7,10,14H,8-9,11,16H2,1-5H3. The zero-order valence-corrected chi connectivity index (χ0v) is 13.9. The minimum Gasteiger partial charge on any atom is -0.399 e. The molecule has 4 heteroatoms. The van der Waals surface area contributed by atoms with Crippen molar-refractivity contribution in [2.45, 2.75) is 39.0 Å². The summed E-state index contributed by atoms with van der Waals surface area (Å²) in [4.78, 5) is 2.49. The second-order valence-electron chi connectivity index (χ2n) is 6.71. The highest BCUT2D eigenvalue weighted by atomic mass is 28.3. The molecule has 19 heavy (non-hydrogen) atoms. The molecule has 0 amide bonds. The van der Waals surface area contributed by atoms with E-state index in [2.05, 4.69) is 55.2 Å². The molecule has 2 rings (SSSR count). The molecule has 1 fully saturated rings. The van der Waals surface area contributed by atoms with Crippen molar-refractivity contribution in [3.63, 3.8) is 0 Å². The van der Waals surface area contributed by atoms with Gasteiger partial charge in [-0.1, -0.05) is 19.6 Å². The Morgan fingerprint density at radius 1 is 1.32 bits per heavy atom. The summed E-state index contributed by atoms with van der Waals surface area (Å²) in [6.07, 6.45) is 1.27. The molecular formula is C15H27N3Si. The van der Waals surface area contributed by atoms with Gasteiger partial charge in [-0.2, -0.15) is 0 Å². The summed E-state index contributed by atoms with van der Waals surface area (Å²) in [5, 5.41) is 0. The zero-order chi connectivity index (χ0) is 14.2. The van der Waals surface area contributed by atoms with Crippen LogP contribution >= 0.6 is 0 Å².